The van der Waals surface area contributed by atoms with E-state index in [0.29, 0.717) is 31.9 Å². The molecule has 5 nitrogen and oxygen atoms in total. The van der Waals surface area contributed by atoms with Gasteiger partial charge in [0.25, 0.3) is 0 Å². The van der Waals surface area contributed by atoms with Gasteiger partial charge in [0.1, 0.15) is 5.41 Å². The molecule has 1 unspecified atom stereocenters. The van der Waals surface area contributed by atoms with Crippen LogP contribution in [0.4, 0.5) is 0 Å². The molecular formula is C12H15N3O2. The lowest BCUT2D eigenvalue weighted by Gasteiger charge is -2.43. The number of ether oxygens (including phenoxy) is 1. The third-order valence-corrected chi connectivity index (χ3v) is 3.51. The molecular weight excluding hydrogens is 218 g/mol. The number of rotatable bonds is 1. The van der Waals surface area contributed by atoms with Crippen LogP contribution < -0.4 is 0 Å². The van der Waals surface area contributed by atoms with Crippen molar-refractivity contribution < 1.29 is 9.53 Å². The van der Waals surface area contributed by atoms with Gasteiger partial charge >= 0.3 is 0 Å². The monoisotopic (exact) mass is 233 g/mol. The largest absolute Gasteiger partial charge is 0.360 e. The van der Waals surface area contributed by atoms with Crippen LogP contribution in [0.25, 0.3) is 0 Å². The van der Waals surface area contributed by atoms with Gasteiger partial charge < -0.3 is 9.64 Å². The first-order chi connectivity index (χ1) is 8.11. The molecule has 90 valence electrons. The summed E-state index contributed by atoms with van der Waals surface area (Å²) < 4.78 is 5.19. The summed E-state index contributed by atoms with van der Waals surface area (Å²) >= 11 is 0. The zero-order valence-corrected chi connectivity index (χ0v) is 9.85. The molecule has 2 aliphatic rings. The molecule has 0 bridgehead atoms. The van der Waals surface area contributed by atoms with Gasteiger partial charge in [-0.05, 0) is 18.8 Å². The Hall–Kier alpha value is -1.59. The normalized spacial score (nSPS) is 36.5. The number of hydrogen-bond donors (Lipinski definition) is 0. The van der Waals surface area contributed by atoms with E-state index in [4.69, 9.17) is 10.00 Å². The van der Waals surface area contributed by atoms with Crippen LogP contribution in [0.15, 0.2) is 0 Å². The molecule has 1 amide bonds. The Balaban J connectivity index is 2.05. The highest BCUT2D eigenvalue weighted by Crippen LogP contribution is 2.46. The van der Waals surface area contributed by atoms with E-state index in [9.17, 15) is 10.1 Å². The fraction of sp³-hybridized carbons (Fsp3) is 0.750. The molecule has 2 fully saturated rings. The van der Waals surface area contributed by atoms with Crippen LogP contribution >= 0.6 is 0 Å². The van der Waals surface area contributed by atoms with E-state index in [2.05, 4.69) is 6.07 Å². The molecule has 1 atom stereocenters. The Morgan fingerprint density at radius 2 is 2.18 bits per heavy atom. The Morgan fingerprint density at radius 3 is 2.71 bits per heavy atom. The predicted octanol–water partition coefficient (Wildman–Crippen LogP) is 0.677. The highest BCUT2D eigenvalue weighted by molar-refractivity contribution is 5.86. The molecule has 0 radical (unpaired) electrons. The second kappa shape index (κ2) is 4.35. The highest BCUT2D eigenvalue weighted by atomic mass is 16.5. The molecule has 2 rings (SSSR count). The van der Waals surface area contributed by atoms with Crippen LogP contribution in [0.1, 0.15) is 19.8 Å². The maximum atomic E-state index is 12.3. The molecule has 0 aromatic carbocycles. The number of carbonyl (C=O) groups is 1. The van der Waals surface area contributed by atoms with Gasteiger partial charge in [0.2, 0.25) is 5.91 Å². The molecule has 17 heavy (non-hydrogen) atoms. The number of morpholine rings is 1. The van der Waals surface area contributed by atoms with E-state index in [0.717, 1.165) is 0 Å². The van der Waals surface area contributed by atoms with Gasteiger partial charge in [0.15, 0.2) is 6.10 Å². The Bertz CT molecular complexity index is 401. The van der Waals surface area contributed by atoms with Crippen molar-refractivity contribution in [2.45, 2.75) is 25.9 Å². The van der Waals surface area contributed by atoms with Crippen molar-refractivity contribution in [2.24, 2.45) is 11.3 Å². The standard InChI is InChI=1S/C12H15N3O2/c1-9-4-12(5-9,8-14)11(16)15-2-3-17-10(6-13)7-15/h9-10H,2-5,7H2,1H3. The summed E-state index contributed by atoms with van der Waals surface area (Å²) in [5.41, 5.74) is -0.837. The van der Waals surface area contributed by atoms with Gasteiger partial charge in [-0.15, -0.1) is 0 Å². The lowest BCUT2D eigenvalue weighted by Crippen LogP contribution is -2.54. The van der Waals surface area contributed by atoms with Gasteiger partial charge in [-0.25, -0.2) is 0 Å². The Labute approximate surface area is 101 Å². The summed E-state index contributed by atoms with van der Waals surface area (Å²) in [4.78, 5) is 13.9. The summed E-state index contributed by atoms with van der Waals surface area (Å²) in [5.74, 6) is 0.313. The van der Waals surface area contributed by atoms with E-state index in [-0.39, 0.29) is 12.5 Å². The van der Waals surface area contributed by atoms with Gasteiger partial charge in [-0.2, -0.15) is 10.5 Å². The van der Waals surface area contributed by atoms with Crippen LogP contribution in [-0.2, 0) is 9.53 Å². The fourth-order valence-corrected chi connectivity index (χ4v) is 2.66. The average Bonchev–Trinajstić information content (AvgIpc) is 2.34. The SMILES string of the molecule is CC1CC(C#N)(C(=O)N2CCOC(C#N)C2)C1. The lowest BCUT2D eigenvalue weighted by atomic mass is 9.62. The van der Waals surface area contributed by atoms with E-state index < -0.39 is 11.5 Å². The molecule has 0 spiro atoms. The molecule has 5 heteroatoms. The number of nitriles is 2. The molecule has 1 saturated carbocycles. The molecule has 0 aromatic heterocycles. The second-order valence-corrected chi connectivity index (χ2v) is 4.95. The first-order valence-corrected chi connectivity index (χ1v) is 5.83. The number of nitrogens with zero attached hydrogens (tertiary/aromatic N) is 3. The van der Waals surface area contributed by atoms with Gasteiger partial charge in [-0.3, -0.25) is 4.79 Å². The third-order valence-electron chi connectivity index (χ3n) is 3.51. The van der Waals surface area contributed by atoms with Crippen molar-refractivity contribution >= 4 is 5.91 Å². The highest BCUT2D eigenvalue weighted by Gasteiger charge is 2.51. The van der Waals surface area contributed by atoms with Crippen LogP contribution in [0.2, 0.25) is 0 Å². The minimum Gasteiger partial charge on any atom is -0.360 e. The van der Waals surface area contributed by atoms with Gasteiger partial charge in [0.05, 0.1) is 25.3 Å². The zero-order chi connectivity index (χ0) is 12.5. The maximum absolute atomic E-state index is 12.3. The first kappa shape index (κ1) is 11.9. The average molecular weight is 233 g/mol. The minimum absolute atomic E-state index is 0.123. The van der Waals surface area contributed by atoms with Crippen molar-refractivity contribution in [1.29, 1.82) is 10.5 Å². The number of carbonyl (C=O) groups excluding carboxylic acids is 1. The Morgan fingerprint density at radius 1 is 1.47 bits per heavy atom. The van der Waals surface area contributed by atoms with Crippen molar-refractivity contribution in [3.63, 3.8) is 0 Å². The summed E-state index contributed by atoms with van der Waals surface area (Å²) in [6.45, 7) is 3.18. The van der Waals surface area contributed by atoms with E-state index in [1.165, 1.54) is 0 Å². The van der Waals surface area contributed by atoms with Crippen molar-refractivity contribution in [3.05, 3.63) is 0 Å². The van der Waals surface area contributed by atoms with E-state index in [1.807, 2.05) is 13.0 Å². The molecule has 1 aliphatic heterocycles. The summed E-state index contributed by atoms with van der Waals surface area (Å²) in [6.07, 6.45) is 0.717. The lowest BCUT2D eigenvalue weighted by molar-refractivity contribution is -0.151. The topological polar surface area (TPSA) is 77.1 Å². The smallest absolute Gasteiger partial charge is 0.243 e. The van der Waals surface area contributed by atoms with Crippen LogP contribution in [0.3, 0.4) is 0 Å². The summed E-state index contributed by atoms with van der Waals surface area (Å²) in [7, 11) is 0. The Kier molecular flexibility index (Phi) is 3.04. The van der Waals surface area contributed by atoms with Gasteiger partial charge in [-0.1, -0.05) is 6.92 Å². The maximum Gasteiger partial charge on any atom is 0.243 e. The molecule has 0 N–H and O–H groups in total. The van der Waals surface area contributed by atoms with Crippen molar-refractivity contribution in [3.8, 4) is 12.1 Å². The van der Waals surface area contributed by atoms with Crippen LogP contribution in [0.5, 0.6) is 0 Å². The van der Waals surface area contributed by atoms with Gasteiger partial charge in [0, 0.05) is 6.54 Å². The van der Waals surface area contributed by atoms with Crippen molar-refractivity contribution in [2.75, 3.05) is 19.7 Å². The summed E-state index contributed by atoms with van der Waals surface area (Å²) in [6, 6.07) is 4.16. The number of hydrogen-bond acceptors (Lipinski definition) is 4. The molecule has 1 saturated heterocycles. The van der Waals surface area contributed by atoms with E-state index in [1.54, 1.807) is 4.90 Å². The molecule has 1 heterocycles. The van der Waals surface area contributed by atoms with Crippen LogP contribution in [-0.4, -0.2) is 36.6 Å². The minimum atomic E-state index is -0.837. The number of amides is 1. The second-order valence-electron chi connectivity index (χ2n) is 4.95. The summed E-state index contributed by atoms with van der Waals surface area (Å²) in [5, 5.41) is 18.0. The quantitative estimate of drug-likeness (QED) is 0.667. The van der Waals surface area contributed by atoms with E-state index >= 15 is 0 Å². The predicted molar refractivity (Wildman–Crippen MR) is 58.4 cm³/mol. The first-order valence-electron chi connectivity index (χ1n) is 5.83. The molecule has 0 aromatic rings. The van der Waals surface area contributed by atoms with Crippen LogP contribution in [0, 0.1) is 34.0 Å². The fourth-order valence-electron chi connectivity index (χ4n) is 2.66. The van der Waals surface area contributed by atoms with Crippen molar-refractivity contribution in [1.82, 2.24) is 4.90 Å². The molecule has 1 aliphatic carbocycles. The zero-order valence-electron chi connectivity index (χ0n) is 9.85. The third kappa shape index (κ3) is 1.99.